The molecule has 1 amide bonds. The molecule has 0 aromatic carbocycles. The molecule has 6 heteroatoms. The molecule has 1 atom stereocenters. The number of hydrogen-bond donors (Lipinski definition) is 1. The number of quaternary nitrogens is 1. The van der Waals surface area contributed by atoms with Gasteiger partial charge in [-0.1, -0.05) is 51.9 Å². The van der Waals surface area contributed by atoms with Crippen molar-refractivity contribution in [3.63, 3.8) is 0 Å². The van der Waals surface area contributed by atoms with Gasteiger partial charge in [-0.3, -0.25) is 4.79 Å². The third kappa shape index (κ3) is 9.86. The van der Waals surface area contributed by atoms with Crippen LogP contribution >= 0.6 is 0 Å². The average molecular weight is 372 g/mol. The van der Waals surface area contributed by atoms with Crippen LogP contribution in [0.2, 0.25) is 0 Å². The van der Waals surface area contributed by atoms with Gasteiger partial charge < -0.3 is 20.0 Å². The van der Waals surface area contributed by atoms with E-state index in [2.05, 4.69) is 6.92 Å². The van der Waals surface area contributed by atoms with Crippen LogP contribution in [0.15, 0.2) is 0 Å². The van der Waals surface area contributed by atoms with Crippen LogP contribution in [0.25, 0.3) is 0 Å². The minimum absolute atomic E-state index is 0.145. The highest BCUT2D eigenvalue weighted by molar-refractivity contribution is 5.76. The first kappa shape index (κ1) is 23.3. The highest BCUT2D eigenvalue weighted by Crippen LogP contribution is 2.35. The van der Waals surface area contributed by atoms with Gasteiger partial charge in [-0.2, -0.15) is 5.06 Å². The van der Waals surface area contributed by atoms with Crippen molar-refractivity contribution >= 4 is 5.91 Å². The molecule has 1 aliphatic carbocycles. The molecular weight excluding hydrogens is 330 g/mol. The van der Waals surface area contributed by atoms with E-state index in [1.807, 2.05) is 0 Å². The normalized spacial score (nSPS) is 17.5. The highest BCUT2D eigenvalue weighted by Gasteiger charge is 2.27. The molecule has 0 bridgehead atoms. The first-order valence-corrected chi connectivity index (χ1v) is 10.4. The lowest BCUT2D eigenvalue weighted by atomic mass is 9.76. The summed E-state index contributed by atoms with van der Waals surface area (Å²) >= 11 is 0. The van der Waals surface area contributed by atoms with Crippen molar-refractivity contribution in [2.75, 3.05) is 47.3 Å². The molecule has 1 rings (SSSR count). The van der Waals surface area contributed by atoms with Crippen molar-refractivity contribution in [3.05, 3.63) is 5.21 Å². The van der Waals surface area contributed by atoms with E-state index in [1.54, 1.807) is 26.0 Å². The monoisotopic (exact) mass is 371 g/mol. The summed E-state index contributed by atoms with van der Waals surface area (Å²) in [5, 5.41) is 22.5. The third-order valence-electron chi connectivity index (χ3n) is 5.64. The Hall–Kier alpha value is -0.690. The molecule has 6 nitrogen and oxygen atoms in total. The molecule has 0 aromatic heterocycles. The van der Waals surface area contributed by atoms with Gasteiger partial charge >= 0.3 is 0 Å². The van der Waals surface area contributed by atoms with Crippen molar-refractivity contribution in [1.82, 2.24) is 9.96 Å². The maximum atomic E-state index is 13.0. The van der Waals surface area contributed by atoms with E-state index in [1.165, 1.54) is 38.5 Å². The Bertz CT molecular complexity index is 390. The van der Waals surface area contributed by atoms with Crippen LogP contribution in [0.5, 0.6) is 0 Å². The van der Waals surface area contributed by atoms with Gasteiger partial charge in [0, 0.05) is 26.6 Å². The number of hydroxylamine groups is 5. The zero-order chi connectivity index (χ0) is 19.6. The molecule has 26 heavy (non-hydrogen) atoms. The lowest BCUT2D eigenvalue weighted by Gasteiger charge is -2.37. The second-order valence-corrected chi connectivity index (χ2v) is 8.56. The number of carbonyl (C=O) groups excluding carboxylic acids is 1. The summed E-state index contributed by atoms with van der Waals surface area (Å²) in [5.41, 5.74) is 0. The fourth-order valence-corrected chi connectivity index (χ4v) is 3.92. The summed E-state index contributed by atoms with van der Waals surface area (Å²) < 4.78 is -0.402. The molecule has 154 valence electrons. The third-order valence-corrected chi connectivity index (χ3v) is 5.64. The van der Waals surface area contributed by atoms with Gasteiger partial charge in [0.05, 0.1) is 27.2 Å². The van der Waals surface area contributed by atoms with E-state index in [0.29, 0.717) is 44.4 Å². The molecule has 1 saturated carbocycles. The first-order valence-electron chi connectivity index (χ1n) is 10.4. The van der Waals surface area contributed by atoms with E-state index >= 15 is 0 Å². The molecule has 1 aliphatic rings. The smallest absolute Gasteiger partial charge is 0.223 e. The number of hydrogen-bond acceptors (Lipinski definition) is 4. The first-order chi connectivity index (χ1) is 12.2. The zero-order valence-corrected chi connectivity index (χ0v) is 17.5. The molecule has 0 aliphatic heterocycles. The molecule has 1 N–H and O–H groups in total. The largest absolute Gasteiger partial charge is 0.633 e. The van der Waals surface area contributed by atoms with Gasteiger partial charge in [0.15, 0.2) is 0 Å². The quantitative estimate of drug-likeness (QED) is 0.421. The van der Waals surface area contributed by atoms with Gasteiger partial charge in [0.25, 0.3) is 0 Å². The van der Waals surface area contributed by atoms with Crippen molar-refractivity contribution < 1.29 is 14.6 Å². The van der Waals surface area contributed by atoms with Crippen LogP contribution in [0, 0.1) is 17.0 Å². The molecule has 1 fully saturated rings. The van der Waals surface area contributed by atoms with E-state index in [0.717, 1.165) is 17.9 Å². The van der Waals surface area contributed by atoms with Crippen molar-refractivity contribution in [2.24, 2.45) is 11.8 Å². The van der Waals surface area contributed by atoms with Gasteiger partial charge in [0.1, 0.15) is 0 Å². The summed E-state index contributed by atoms with van der Waals surface area (Å²) in [4.78, 5) is 14.8. The average Bonchev–Trinajstić information content (AvgIpc) is 2.58. The van der Waals surface area contributed by atoms with E-state index in [9.17, 15) is 15.2 Å². The van der Waals surface area contributed by atoms with Gasteiger partial charge in [-0.25, -0.2) is 0 Å². The van der Waals surface area contributed by atoms with Crippen molar-refractivity contribution in [3.8, 4) is 0 Å². The zero-order valence-electron chi connectivity index (χ0n) is 17.5. The van der Waals surface area contributed by atoms with E-state index < -0.39 is 4.65 Å². The molecule has 1 unspecified atom stereocenters. The summed E-state index contributed by atoms with van der Waals surface area (Å²) in [6, 6.07) is 0. The molecular formula is C20H41N3O3. The highest BCUT2D eigenvalue weighted by atomic mass is 16.5. The predicted molar refractivity (Wildman–Crippen MR) is 106 cm³/mol. The molecule has 0 spiro atoms. The van der Waals surface area contributed by atoms with Crippen LogP contribution < -0.4 is 0 Å². The van der Waals surface area contributed by atoms with Crippen LogP contribution in [0.1, 0.15) is 64.7 Å². The van der Waals surface area contributed by atoms with Crippen molar-refractivity contribution in [2.45, 2.75) is 64.7 Å². The summed E-state index contributed by atoms with van der Waals surface area (Å²) in [5.74, 6) is 1.28. The second-order valence-electron chi connectivity index (χ2n) is 8.56. The van der Waals surface area contributed by atoms with Crippen LogP contribution in [-0.2, 0) is 4.79 Å². The number of likely N-dealkylation sites (N-methyl/N-ethyl adjacent to an activating group) is 2. The molecule has 0 heterocycles. The van der Waals surface area contributed by atoms with E-state index in [-0.39, 0.29) is 5.91 Å². The standard InChI is InChI=1S/C20H41N3O3/c1-5-6-10-19(18-11-8-7-9-12-18)17-20(24)22(14-13-21(2)25)15-16-23(3,4)26/h18-19,25H,5-17H2,1-4H3. The number of rotatable bonds is 12. The summed E-state index contributed by atoms with van der Waals surface area (Å²) in [7, 11) is 4.79. The molecule has 0 radical (unpaired) electrons. The van der Waals surface area contributed by atoms with Gasteiger partial charge in [-0.05, 0) is 18.3 Å². The number of amides is 1. The fourth-order valence-electron chi connectivity index (χ4n) is 3.92. The van der Waals surface area contributed by atoms with Crippen LogP contribution in [0.4, 0.5) is 0 Å². The Morgan fingerprint density at radius 3 is 2.38 bits per heavy atom. The molecule has 0 saturated heterocycles. The number of unbranched alkanes of at least 4 members (excludes halogenated alkanes) is 1. The Labute approximate surface area is 160 Å². The Balaban J connectivity index is 2.70. The Morgan fingerprint density at radius 2 is 1.85 bits per heavy atom. The van der Waals surface area contributed by atoms with Gasteiger partial charge in [-0.15, -0.1) is 0 Å². The second kappa shape index (κ2) is 11.9. The van der Waals surface area contributed by atoms with Crippen LogP contribution in [-0.4, -0.2) is 73.0 Å². The Morgan fingerprint density at radius 1 is 1.19 bits per heavy atom. The minimum atomic E-state index is -0.402. The summed E-state index contributed by atoms with van der Waals surface area (Å²) in [6.07, 6.45) is 10.5. The lowest BCUT2D eigenvalue weighted by molar-refractivity contribution is -0.839. The lowest BCUT2D eigenvalue weighted by Crippen LogP contribution is -2.45. The maximum Gasteiger partial charge on any atom is 0.223 e. The van der Waals surface area contributed by atoms with Gasteiger partial charge in [0.2, 0.25) is 5.91 Å². The Kier molecular flexibility index (Phi) is 10.7. The SMILES string of the molecule is CCCCC(CC(=O)N(CCN(C)O)CC[N+](C)(C)[O-])C1CCCCC1. The van der Waals surface area contributed by atoms with Crippen LogP contribution in [0.3, 0.4) is 0 Å². The maximum absolute atomic E-state index is 13.0. The van der Waals surface area contributed by atoms with Crippen molar-refractivity contribution in [1.29, 1.82) is 0 Å². The number of nitrogens with zero attached hydrogens (tertiary/aromatic N) is 3. The molecule has 0 aromatic rings. The number of carbonyl (C=O) groups is 1. The predicted octanol–water partition coefficient (Wildman–Crippen LogP) is 3.49. The minimum Gasteiger partial charge on any atom is -0.633 e. The summed E-state index contributed by atoms with van der Waals surface area (Å²) in [6.45, 7) is 3.91. The van der Waals surface area contributed by atoms with E-state index in [4.69, 9.17) is 0 Å². The topological polar surface area (TPSA) is 66.8 Å². The fraction of sp³-hybridized carbons (Fsp3) is 0.950.